The highest BCUT2D eigenvalue weighted by molar-refractivity contribution is 9.10. The van der Waals surface area contributed by atoms with Crippen LogP contribution in [0.4, 0.5) is 0 Å². The first kappa shape index (κ1) is 15.2. The van der Waals surface area contributed by atoms with E-state index in [-0.39, 0.29) is 6.04 Å². The normalized spacial score (nSPS) is 12.7. The van der Waals surface area contributed by atoms with E-state index in [1.807, 2.05) is 11.6 Å². The van der Waals surface area contributed by atoms with Gasteiger partial charge in [-0.25, -0.2) is 9.67 Å². The van der Waals surface area contributed by atoms with Gasteiger partial charge in [-0.2, -0.15) is 5.10 Å². The van der Waals surface area contributed by atoms with Gasteiger partial charge in [0.25, 0.3) is 0 Å². The van der Waals surface area contributed by atoms with Crippen LogP contribution in [0.2, 0.25) is 0 Å². The number of aryl methyl sites for hydroxylation is 2. The molecule has 0 spiro atoms. The molecule has 0 radical (unpaired) electrons. The number of nitrogens with two attached hydrogens (primary N) is 1. The van der Waals surface area contributed by atoms with Gasteiger partial charge in [-0.3, -0.25) is 0 Å². The fraction of sp³-hybridized carbons (Fsp3) is 0.467. The van der Waals surface area contributed by atoms with Crippen molar-refractivity contribution in [3.05, 3.63) is 39.9 Å². The molecular formula is C15H21BrN4. The summed E-state index contributed by atoms with van der Waals surface area (Å²) in [4.78, 5) is 4.54. The van der Waals surface area contributed by atoms with Crippen LogP contribution in [-0.2, 0) is 19.3 Å². The summed E-state index contributed by atoms with van der Waals surface area (Å²) in [5.74, 6) is 1.88. The van der Waals surface area contributed by atoms with Crippen molar-refractivity contribution < 1.29 is 0 Å². The van der Waals surface area contributed by atoms with Crippen LogP contribution in [0.25, 0.3) is 5.69 Å². The van der Waals surface area contributed by atoms with Crippen molar-refractivity contribution in [1.29, 1.82) is 0 Å². The van der Waals surface area contributed by atoms with E-state index in [0.717, 1.165) is 41.1 Å². The summed E-state index contributed by atoms with van der Waals surface area (Å²) in [7, 11) is 0. The topological polar surface area (TPSA) is 56.7 Å². The molecule has 1 atom stereocenters. The summed E-state index contributed by atoms with van der Waals surface area (Å²) in [6, 6.07) is 6.43. The number of hydrogen-bond acceptors (Lipinski definition) is 3. The second-order valence-electron chi connectivity index (χ2n) is 5.02. The van der Waals surface area contributed by atoms with Crippen molar-refractivity contribution >= 4 is 15.9 Å². The summed E-state index contributed by atoms with van der Waals surface area (Å²) in [5, 5.41) is 4.56. The smallest absolute Gasteiger partial charge is 0.151 e. The molecule has 2 aromatic rings. The van der Waals surface area contributed by atoms with E-state index in [1.165, 1.54) is 5.56 Å². The standard InChI is InChI=1S/C15H21BrN4/c1-4-14-18-15(5-2)20(19-14)12-7-6-11(8-10(3)17)13(16)9-12/h6-7,9-10H,4-5,8,17H2,1-3H3. The van der Waals surface area contributed by atoms with Gasteiger partial charge in [0.15, 0.2) is 5.82 Å². The van der Waals surface area contributed by atoms with E-state index in [0.29, 0.717) is 0 Å². The van der Waals surface area contributed by atoms with Crippen molar-refractivity contribution in [1.82, 2.24) is 14.8 Å². The molecule has 1 heterocycles. The molecule has 0 saturated heterocycles. The van der Waals surface area contributed by atoms with E-state index >= 15 is 0 Å². The minimum absolute atomic E-state index is 0.154. The highest BCUT2D eigenvalue weighted by Crippen LogP contribution is 2.22. The van der Waals surface area contributed by atoms with Gasteiger partial charge in [-0.1, -0.05) is 35.8 Å². The molecule has 0 aliphatic rings. The quantitative estimate of drug-likeness (QED) is 0.912. The monoisotopic (exact) mass is 336 g/mol. The van der Waals surface area contributed by atoms with Crippen molar-refractivity contribution in [3.63, 3.8) is 0 Å². The predicted octanol–water partition coefficient (Wildman–Crippen LogP) is 3.04. The van der Waals surface area contributed by atoms with Crippen LogP contribution in [0.5, 0.6) is 0 Å². The van der Waals surface area contributed by atoms with Crippen LogP contribution in [-0.4, -0.2) is 20.8 Å². The zero-order valence-corrected chi connectivity index (χ0v) is 13.8. The number of aromatic nitrogens is 3. The molecule has 2 N–H and O–H groups in total. The third-order valence-electron chi connectivity index (χ3n) is 3.17. The number of benzene rings is 1. The molecule has 4 nitrogen and oxygen atoms in total. The van der Waals surface area contributed by atoms with Crippen LogP contribution < -0.4 is 5.73 Å². The molecule has 108 valence electrons. The third kappa shape index (κ3) is 3.27. The largest absolute Gasteiger partial charge is 0.328 e. The average molecular weight is 337 g/mol. The maximum atomic E-state index is 5.86. The Kier molecular flexibility index (Phi) is 4.94. The van der Waals surface area contributed by atoms with Gasteiger partial charge >= 0.3 is 0 Å². The molecule has 1 aromatic heterocycles. The molecule has 0 bridgehead atoms. The van der Waals surface area contributed by atoms with Crippen molar-refractivity contribution in [2.75, 3.05) is 0 Å². The van der Waals surface area contributed by atoms with Crippen LogP contribution in [0, 0.1) is 0 Å². The zero-order chi connectivity index (χ0) is 14.7. The van der Waals surface area contributed by atoms with Crippen LogP contribution in [0.1, 0.15) is 38.0 Å². The van der Waals surface area contributed by atoms with Crippen molar-refractivity contribution in [2.45, 2.75) is 46.1 Å². The average Bonchev–Trinajstić information content (AvgIpc) is 2.84. The van der Waals surface area contributed by atoms with Gasteiger partial charge in [0.1, 0.15) is 5.82 Å². The molecule has 0 aliphatic carbocycles. The first-order valence-corrected chi connectivity index (χ1v) is 7.83. The Bertz CT molecular complexity index is 590. The Morgan fingerprint density at radius 2 is 2.05 bits per heavy atom. The lowest BCUT2D eigenvalue weighted by Crippen LogP contribution is -2.18. The predicted molar refractivity (Wildman–Crippen MR) is 85.2 cm³/mol. The Hall–Kier alpha value is -1.20. The summed E-state index contributed by atoms with van der Waals surface area (Å²) < 4.78 is 3.00. The van der Waals surface area contributed by atoms with Crippen LogP contribution in [0.15, 0.2) is 22.7 Å². The Morgan fingerprint density at radius 3 is 2.60 bits per heavy atom. The maximum absolute atomic E-state index is 5.86. The fourth-order valence-corrected chi connectivity index (χ4v) is 2.69. The number of hydrogen-bond donors (Lipinski definition) is 1. The van der Waals surface area contributed by atoms with Crippen LogP contribution >= 0.6 is 15.9 Å². The highest BCUT2D eigenvalue weighted by atomic mass is 79.9. The third-order valence-corrected chi connectivity index (χ3v) is 3.91. The van der Waals surface area contributed by atoms with E-state index < -0.39 is 0 Å². The first-order chi connectivity index (χ1) is 9.55. The molecule has 1 unspecified atom stereocenters. The Labute approximate surface area is 128 Å². The van der Waals surface area contributed by atoms with E-state index in [9.17, 15) is 0 Å². The number of rotatable bonds is 5. The second kappa shape index (κ2) is 6.50. The maximum Gasteiger partial charge on any atom is 0.151 e. The molecule has 5 heteroatoms. The molecule has 1 aromatic carbocycles. The lowest BCUT2D eigenvalue weighted by Gasteiger charge is -2.10. The molecule has 2 rings (SSSR count). The summed E-state index contributed by atoms with van der Waals surface area (Å²) >= 11 is 3.63. The van der Waals surface area contributed by atoms with Gasteiger partial charge in [0.05, 0.1) is 5.69 Å². The van der Waals surface area contributed by atoms with Gasteiger partial charge in [-0.15, -0.1) is 0 Å². The fourth-order valence-electron chi connectivity index (χ4n) is 2.16. The van der Waals surface area contributed by atoms with Gasteiger partial charge in [-0.05, 0) is 31.0 Å². The molecule has 0 aliphatic heterocycles. The zero-order valence-electron chi connectivity index (χ0n) is 12.2. The molecule has 20 heavy (non-hydrogen) atoms. The number of halogens is 1. The SMILES string of the molecule is CCc1nc(CC)n(-c2ccc(CC(C)N)c(Br)c2)n1. The van der Waals surface area contributed by atoms with Gasteiger partial charge in [0, 0.05) is 23.4 Å². The van der Waals surface area contributed by atoms with Crippen molar-refractivity contribution in [3.8, 4) is 5.69 Å². The van der Waals surface area contributed by atoms with E-state index in [2.05, 4.69) is 58.1 Å². The molecule has 0 fully saturated rings. The Balaban J connectivity index is 2.38. The van der Waals surface area contributed by atoms with E-state index in [4.69, 9.17) is 5.73 Å². The van der Waals surface area contributed by atoms with Gasteiger partial charge < -0.3 is 5.73 Å². The lowest BCUT2D eigenvalue weighted by atomic mass is 10.1. The molecule has 0 amide bonds. The lowest BCUT2D eigenvalue weighted by molar-refractivity contribution is 0.734. The minimum Gasteiger partial charge on any atom is -0.328 e. The van der Waals surface area contributed by atoms with Gasteiger partial charge in [0.2, 0.25) is 0 Å². The highest BCUT2D eigenvalue weighted by Gasteiger charge is 2.11. The van der Waals surface area contributed by atoms with Crippen LogP contribution in [0.3, 0.4) is 0 Å². The summed E-state index contributed by atoms with van der Waals surface area (Å²) in [6.45, 7) is 6.18. The summed E-state index contributed by atoms with van der Waals surface area (Å²) in [6.07, 6.45) is 2.58. The molecule has 0 saturated carbocycles. The Morgan fingerprint density at radius 1 is 1.30 bits per heavy atom. The molecular weight excluding hydrogens is 316 g/mol. The first-order valence-electron chi connectivity index (χ1n) is 7.04. The minimum atomic E-state index is 0.154. The number of nitrogens with zero attached hydrogens (tertiary/aromatic N) is 3. The van der Waals surface area contributed by atoms with Crippen molar-refractivity contribution in [2.24, 2.45) is 5.73 Å². The van der Waals surface area contributed by atoms with E-state index in [1.54, 1.807) is 0 Å². The second-order valence-corrected chi connectivity index (χ2v) is 5.87. The summed E-state index contributed by atoms with van der Waals surface area (Å²) in [5.41, 5.74) is 8.12.